The molecule has 0 aliphatic rings. The minimum Gasteiger partial charge on any atom is -0.309 e. The first-order valence-electron chi connectivity index (χ1n) is 16.2. The fourth-order valence-electron chi connectivity index (χ4n) is 7.20. The van der Waals surface area contributed by atoms with Gasteiger partial charge in [0.05, 0.1) is 32.5 Å². The van der Waals surface area contributed by atoms with E-state index in [0.29, 0.717) is 0 Å². The van der Waals surface area contributed by atoms with Crippen LogP contribution in [-0.2, 0) is 0 Å². The van der Waals surface area contributed by atoms with Crippen molar-refractivity contribution < 1.29 is 0 Å². The average Bonchev–Trinajstić information content (AvgIpc) is 3.75. The van der Waals surface area contributed by atoms with Crippen LogP contribution in [0.3, 0.4) is 0 Å². The molecule has 48 heavy (non-hydrogen) atoms. The molecule has 7 aromatic carbocycles. The Morgan fingerprint density at radius 3 is 1.98 bits per heavy atom. The Balaban J connectivity index is 1.18. The fraction of sp³-hybridized carbons (Fsp3) is 0. The van der Waals surface area contributed by atoms with Gasteiger partial charge in [0.15, 0.2) is 0 Å². The average molecular weight is 630 g/mol. The van der Waals surface area contributed by atoms with Gasteiger partial charge < -0.3 is 4.57 Å². The van der Waals surface area contributed by atoms with Gasteiger partial charge in [-0.2, -0.15) is 0 Å². The number of aromatic nitrogens is 3. The minimum absolute atomic E-state index is 0.989. The highest BCUT2D eigenvalue weighted by molar-refractivity contribution is 7.21. The standard InChI is InChI=1S/C44H27N3S/c1-2-13-32(14-3-1)47-39-19-8-5-15-33(39)34-25-26-36-41(43(34)47)35-16-4-6-17-37(35)45-42(36)31-12-10-11-30(27-31)28-21-23-29(24-22-28)44-46-38-18-7-9-20-40(38)48-44/h1-27H. The highest BCUT2D eigenvalue weighted by Crippen LogP contribution is 2.42. The van der Waals surface area contributed by atoms with E-state index in [1.807, 2.05) is 6.07 Å². The second-order valence-corrected chi connectivity index (χ2v) is 13.2. The van der Waals surface area contributed by atoms with Gasteiger partial charge >= 0.3 is 0 Å². The van der Waals surface area contributed by atoms with Crippen molar-refractivity contribution in [2.75, 3.05) is 0 Å². The van der Waals surface area contributed by atoms with Crippen LogP contribution >= 0.6 is 11.3 Å². The molecule has 0 amide bonds. The predicted octanol–water partition coefficient (Wildman–Crippen LogP) is 12.1. The maximum absolute atomic E-state index is 5.33. The number of para-hydroxylation sites is 4. The number of nitrogens with zero attached hydrogens (tertiary/aromatic N) is 3. The highest BCUT2D eigenvalue weighted by Gasteiger charge is 2.19. The van der Waals surface area contributed by atoms with Gasteiger partial charge in [-0.05, 0) is 53.6 Å². The van der Waals surface area contributed by atoms with Crippen LogP contribution in [0, 0.1) is 0 Å². The van der Waals surface area contributed by atoms with Gasteiger partial charge in [-0.25, -0.2) is 9.97 Å². The molecule has 3 heterocycles. The van der Waals surface area contributed by atoms with Crippen LogP contribution in [0.25, 0.3) is 92.3 Å². The molecule has 10 aromatic rings. The van der Waals surface area contributed by atoms with Gasteiger partial charge in [0.25, 0.3) is 0 Å². The van der Waals surface area contributed by atoms with E-state index in [4.69, 9.17) is 9.97 Å². The highest BCUT2D eigenvalue weighted by atomic mass is 32.1. The van der Waals surface area contributed by atoms with Crippen LogP contribution in [-0.4, -0.2) is 14.5 Å². The third-order valence-electron chi connectivity index (χ3n) is 9.41. The number of thiazole rings is 1. The fourth-order valence-corrected chi connectivity index (χ4v) is 8.17. The Hall–Kier alpha value is -6.10. The molecule has 0 fully saturated rings. The second-order valence-electron chi connectivity index (χ2n) is 12.2. The molecule has 10 rings (SSSR count). The summed E-state index contributed by atoms with van der Waals surface area (Å²) in [7, 11) is 0. The normalized spacial score (nSPS) is 11.8. The molecule has 0 N–H and O–H groups in total. The van der Waals surface area contributed by atoms with Crippen LogP contribution < -0.4 is 0 Å². The van der Waals surface area contributed by atoms with Gasteiger partial charge in [0.2, 0.25) is 0 Å². The summed E-state index contributed by atoms with van der Waals surface area (Å²) in [6, 6.07) is 58.4. The SMILES string of the molecule is c1ccc(-n2c3ccccc3c3ccc4c(-c5cccc(-c6ccc(-c7nc8ccccc8s7)cc6)c5)nc5ccccc5c4c32)cc1. The van der Waals surface area contributed by atoms with Gasteiger partial charge in [-0.3, -0.25) is 0 Å². The second kappa shape index (κ2) is 10.7. The molecular weight excluding hydrogens is 603 g/mol. The number of hydrogen-bond acceptors (Lipinski definition) is 3. The van der Waals surface area contributed by atoms with Crippen LogP contribution in [0.4, 0.5) is 0 Å². The van der Waals surface area contributed by atoms with Crippen molar-refractivity contribution in [2.24, 2.45) is 0 Å². The summed E-state index contributed by atoms with van der Waals surface area (Å²) in [5, 5.41) is 7.05. The van der Waals surface area contributed by atoms with E-state index in [2.05, 4.69) is 162 Å². The minimum atomic E-state index is 0.989. The maximum Gasteiger partial charge on any atom is 0.124 e. The Kier molecular flexibility index (Phi) is 6.05. The summed E-state index contributed by atoms with van der Waals surface area (Å²) >= 11 is 1.73. The van der Waals surface area contributed by atoms with Crippen molar-refractivity contribution in [2.45, 2.75) is 0 Å². The zero-order valence-corrected chi connectivity index (χ0v) is 26.7. The Morgan fingerprint density at radius 2 is 1.12 bits per heavy atom. The lowest BCUT2D eigenvalue weighted by atomic mass is 9.95. The van der Waals surface area contributed by atoms with Gasteiger partial charge in [-0.15, -0.1) is 11.3 Å². The number of fused-ring (bicyclic) bond motifs is 8. The van der Waals surface area contributed by atoms with Crippen molar-refractivity contribution in [3.8, 4) is 38.6 Å². The molecule has 3 nitrogen and oxygen atoms in total. The summed E-state index contributed by atoms with van der Waals surface area (Å²) in [6.07, 6.45) is 0. The molecule has 0 aliphatic heterocycles. The van der Waals surface area contributed by atoms with E-state index < -0.39 is 0 Å². The van der Waals surface area contributed by atoms with Crippen LogP contribution in [0.2, 0.25) is 0 Å². The summed E-state index contributed by atoms with van der Waals surface area (Å²) in [5.74, 6) is 0. The van der Waals surface area contributed by atoms with Crippen LogP contribution in [0.15, 0.2) is 164 Å². The van der Waals surface area contributed by atoms with E-state index in [1.54, 1.807) is 11.3 Å². The Bertz CT molecular complexity index is 2790. The lowest BCUT2D eigenvalue weighted by Crippen LogP contribution is -1.96. The molecule has 0 saturated carbocycles. The van der Waals surface area contributed by atoms with Crippen LogP contribution in [0.5, 0.6) is 0 Å². The van der Waals surface area contributed by atoms with Crippen molar-refractivity contribution >= 4 is 65.0 Å². The molecule has 3 aromatic heterocycles. The predicted molar refractivity (Wildman–Crippen MR) is 203 cm³/mol. The van der Waals surface area contributed by atoms with Crippen molar-refractivity contribution in [3.63, 3.8) is 0 Å². The van der Waals surface area contributed by atoms with Crippen molar-refractivity contribution in [3.05, 3.63) is 164 Å². The summed E-state index contributed by atoms with van der Waals surface area (Å²) in [6.45, 7) is 0. The Labute approximate surface area is 281 Å². The maximum atomic E-state index is 5.33. The number of pyridine rings is 1. The Morgan fingerprint density at radius 1 is 0.438 bits per heavy atom. The first-order valence-corrected chi connectivity index (χ1v) is 17.0. The van der Waals surface area contributed by atoms with Gasteiger partial charge in [0, 0.05) is 43.7 Å². The number of hydrogen-bond donors (Lipinski definition) is 0. The summed E-state index contributed by atoms with van der Waals surface area (Å²) < 4.78 is 3.63. The molecule has 0 aliphatic carbocycles. The number of benzene rings is 7. The van der Waals surface area contributed by atoms with E-state index in [-0.39, 0.29) is 0 Å². The molecule has 224 valence electrons. The molecule has 0 unspecified atom stereocenters. The smallest absolute Gasteiger partial charge is 0.124 e. The zero-order valence-electron chi connectivity index (χ0n) is 25.8. The lowest BCUT2D eigenvalue weighted by Gasteiger charge is -2.15. The zero-order chi connectivity index (χ0) is 31.6. The lowest BCUT2D eigenvalue weighted by molar-refractivity contribution is 1.19. The van der Waals surface area contributed by atoms with Gasteiger partial charge in [0.1, 0.15) is 5.01 Å². The molecule has 4 heteroatoms. The summed E-state index contributed by atoms with van der Waals surface area (Å²) in [5.41, 5.74) is 11.1. The van der Waals surface area contributed by atoms with E-state index >= 15 is 0 Å². The summed E-state index contributed by atoms with van der Waals surface area (Å²) in [4.78, 5) is 10.2. The molecule has 0 atom stereocenters. The van der Waals surface area contributed by atoms with Crippen molar-refractivity contribution in [1.82, 2.24) is 14.5 Å². The van der Waals surface area contributed by atoms with Crippen molar-refractivity contribution in [1.29, 1.82) is 0 Å². The van der Waals surface area contributed by atoms with E-state index in [0.717, 1.165) is 54.9 Å². The number of rotatable bonds is 4. The van der Waals surface area contributed by atoms with Crippen LogP contribution in [0.1, 0.15) is 0 Å². The van der Waals surface area contributed by atoms with E-state index in [9.17, 15) is 0 Å². The molecule has 0 saturated heterocycles. The topological polar surface area (TPSA) is 30.7 Å². The molecule has 0 spiro atoms. The van der Waals surface area contributed by atoms with E-state index in [1.165, 1.54) is 37.5 Å². The molecular formula is C44H27N3S. The third-order valence-corrected chi connectivity index (χ3v) is 10.5. The largest absolute Gasteiger partial charge is 0.309 e. The first-order chi connectivity index (χ1) is 23.8. The quantitative estimate of drug-likeness (QED) is 0.181. The monoisotopic (exact) mass is 629 g/mol. The third kappa shape index (κ3) is 4.20. The van der Waals surface area contributed by atoms with Gasteiger partial charge in [-0.1, -0.05) is 121 Å². The molecule has 0 radical (unpaired) electrons. The first kappa shape index (κ1) is 27.1. The molecule has 0 bridgehead atoms.